The second kappa shape index (κ2) is 8.47. The Balaban J connectivity index is 1.55. The molecule has 0 atom stereocenters. The highest BCUT2D eigenvalue weighted by atomic mass is 16.5. The van der Waals surface area contributed by atoms with Crippen molar-refractivity contribution in [2.45, 2.75) is 32.6 Å². The fourth-order valence-electron chi connectivity index (χ4n) is 2.65. The fraction of sp³-hybridized carbons (Fsp3) is 0.238. The van der Waals surface area contributed by atoms with Gasteiger partial charge in [0.25, 0.3) is 0 Å². The highest BCUT2D eigenvalue weighted by Crippen LogP contribution is 2.21. The Labute approximate surface area is 162 Å². The molecule has 2 aromatic carbocycles. The van der Waals surface area contributed by atoms with Gasteiger partial charge < -0.3 is 15.6 Å². The van der Waals surface area contributed by atoms with E-state index in [1.54, 1.807) is 24.3 Å². The van der Waals surface area contributed by atoms with Crippen LogP contribution in [-0.4, -0.2) is 22.0 Å². The van der Waals surface area contributed by atoms with E-state index in [1.165, 1.54) is 5.56 Å². The smallest absolute Gasteiger partial charge is 0.248 e. The zero-order valence-corrected chi connectivity index (χ0v) is 15.8. The van der Waals surface area contributed by atoms with Crippen LogP contribution in [0, 0.1) is 0 Å². The average Bonchev–Trinajstić information content (AvgIpc) is 3.16. The van der Waals surface area contributed by atoms with Crippen LogP contribution in [0.3, 0.4) is 0 Å². The Morgan fingerprint density at radius 3 is 2.36 bits per heavy atom. The van der Waals surface area contributed by atoms with Crippen molar-refractivity contribution in [1.82, 2.24) is 10.1 Å². The molecule has 7 nitrogen and oxygen atoms in total. The maximum atomic E-state index is 12.1. The summed E-state index contributed by atoms with van der Waals surface area (Å²) in [5.74, 6) is 0.673. The second-order valence-corrected chi connectivity index (χ2v) is 6.78. The zero-order valence-electron chi connectivity index (χ0n) is 15.8. The lowest BCUT2D eigenvalue weighted by atomic mass is 10.0. The lowest BCUT2D eigenvalue weighted by Crippen LogP contribution is -2.13. The van der Waals surface area contributed by atoms with Crippen LogP contribution < -0.4 is 11.1 Å². The van der Waals surface area contributed by atoms with Crippen LogP contribution in [0.1, 0.15) is 48.0 Å². The number of carbonyl (C=O) groups is 2. The van der Waals surface area contributed by atoms with Crippen LogP contribution in [0.4, 0.5) is 5.69 Å². The Hall–Kier alpha value is -3.48. The summed E-state index contributed by atoms with van der Waals surface area (Å²) in [7, 11) is 0. The van der Waals surface area contributed by atoms with Crippen molar-refractivity contribution in [3.8, 4) is 11.4 Å². The Morgan fingerprint density at radius 1 is 1.07 bits per heavy atom. The number of primary amides is 1. The van der Waals surface area contributed by atoms with Crippen LogP contribution in [0.25, 0.3) is 11.4 Å². The van der Waals surface area contributed by atoms with Crippen molar-refractivity contribution in [3.05, 3.63) is 65.5 Å². The third-order valence-electron chi connectivity index (χ3n) is 4.32. The number of benzene rings is 2. The number of hydrogen-bond acceptors (Lipinski definition) is 5. The van der Waals surface area contributed by atoms with Crippen LogP contribution in [-0.2, 0) is 11.2 Å². The third-order valence-corrected chi connectivity index (χ3v) is 4.32. The number of aromatic nitrogens is 2. The third kappa shape index (κ3) is 4.82. The predicted octanol–water partition coefficient (Wildman–Crippen LogP) is 3.53. The molecule has 0 spiro atoms. The maximum Gasteiger partial charge on any atom is 0.248 e. The molecule has 0 saturated heterocycles. The van der Waals surface area contributed by atoms with Crippen molar-refractivity contribution in [3.63, 3.8) is 0 Å². The maximum absolute atomic E-state index is 12.1. The highest BCUT2D eigenvalue weighted by molar-refractivity contribution is 5.94. The first kappa shape index (κ1) is 19.3. The minimum atomic E-state index is -0.510. The van der Waals surface area contributed by atoms with Gasteiger partial charge >= 0.3 is 0 Å². The van der Waals surface area contributed by atoms with E-state index in [9.17, 15) is 9.59 Å². The number of anilines is 1. The normalized spacial score (nSPS) is 10.8. The van der Waals surface area contributed by atoms with E-state index in [-0.39, 0.29) is 12.3 Å². The zero-order chi connectivity index (χ0) is 20.1. The summed E-state index contributed by atoms with van der Waals surface area (Å²) in [5, 5.41) is 6.74. The molecule has 0 radical (unpaired) electrons. The van der Waals surface area contributed by atoms with Gasteiger partial charge in [0, 0.05) is 29.7 Å². The summed E-state index contributed by atoms with van der Waals surface area (Å²) in [5.41, 5.74) is 8.29. The van der Waals surface area contributed by atoms with Crippen LogP contribution in [0.5, 0.6) is 0 Å². The standard InChI is InChI=1S/C21H22N4O3/c1-13(2)14-3-5-16(6-4-14)21-24-19(28-25-21)12-11-18(26)23-17-9-7-15(8-10-17)20(22)27/h3-10,13H,11-12H2,1-2H3,(H2,22,27)(H,23,26). The van der Waals surface area contributed by atoms with Gasteiger partial charge in [0.05, 0.1) is 0 Å². The Kier molecular flexibility index (Phi) is 5.84. The van der Waals surface area contributed by atoms with Gasteiger partial charge in [-0.3, -0.25) is 9.59 Å². The van der Waals surface area contributed by atoms with Crippen LogP contribution in [0.15, 0.2) is 53.1 Å². The molecule has 0 aliphatic carbocycles. The minimum absolute atomic E-state index is 0.187. The highest BCUT2D eigenvalue weighted by Gasteiger charge is 2.11. The van der Waals surface area contributed by atoms with Crippen LogP contribution >= 0.6 is 0 Å². The average molecular weight is 378 g/mol. The van der Waals surface area contributed by atoms with Crippen molar-refractivity contribution in [2.75, 3.05) is 5.32 Å². The number of nitrogens with one attached hydrogen (secondary N) is 1. The quantitative estimate of drug-likeness (QED) is 0.653. The molecule has 0 unspecified atom stereocenters. The number of nitrogens with two attached hydrogens (primary N) is 1. The van der Waals surface area contributed by atoms with Gasteiger partial charge in [-0.2, -0.15) is 4.98 Å². The number of hydrogen-bond donors (Lipinski definition) is 2. The predicted molar refractivity (Wildman–Crippen MR) is 106 cm³/mol. The van der Waals surface area contributed by atoms with Crippen molar-refractivity contribution in [2.24, 2.45) is 5.73 Å². The molecule has 3 N–H and O–H groups in total. The number of amides is 2. The summed E-state index contributed by atoms with van der Waals surface area (Å²) in [6, 6.07) is 14.4. The molecule has 1 heterocycles. The van der Waals surface area contributed by atoms with E-state index in [0.717, 1.165) is 5.56 Å². The summed E-state index contributed by atoms with van der Waals surface area (Å²) >= 11 is 0. The van der Waals surface area contributed by atoms with Gasteiger partial charge in [0.2, 0.25) is 23.5 Å². The van der Waals surface area contributed by atoms with Crippen molar-refractivity contribution >= 4 is 17.5 Å². The van der Waals surface area contributed by atoms with E-state index in [4.69, 9.17) is 10.3 Å². The molecule has 0 saturated carbocycles. The van der Waals surface area contributed by atoms with Crippen LogP contribution in [0.2, 0.25) is 0 Å². The summed E-state index contributed by atoms with van der Waals surface area (Å²) in [6.07, 6.45) is 0.535. The molecule has 0 aliphatic rings. The molecule has 0 aliphatic heterocycles. The monoisotopic (exact) mass is 378 g/mol. The van der Waals surface area contributed by atoms with E-state index < -0.39 is 5.91 Å². The molecular weight excluding hydrogens is 356 g/mol. The van der Waals surface area contributed by atoms with E-state index in [1.807, 2.05) is 24.3 Å². The molecule has 0 bridgehead atoms. The molecule has 0 fully saturated rings. The molecular formula is C21H22N4O3. The lowest BCUT2D eigenvalue weighted by molar-refractivity contribution is -0.116. The first-order valence-electron chi connectivity index (χ1n) is 9.05. The minimum Gasteiger partial charge on any atom is -0.366 e. The second-order valence-electron chi connectivity index (χ2n) is 6.78. The van der Waals surface area contributed by atoms with Gasteiger partial charge in [0.1, 0.15) is 0 Å². The first-order chi connectivity index (χ1) is 13.4. The number of aryl methyl sites for hydroxylation is 1. The first-order valence-corrected chi connectivity index (χ1v) is 9.05. The number of carbonyl (C=O) groups excluding carboxylic acids is 2. The largest absolute Gasteiger partial charge is 0.366 e. The van der Waals surface area contributed by atoms with Gasteiger partial charge in [0.15, 0.2) is 0 Å². The molecule has 7 heteroatoms. The Bertz CT molecular complexity index is 960. The van der Waals surface area contributed by atoms with Crippen molar-refractivity contribution < 1.29 is 14.1 Å². The molecule has 3 rings (SSSR count). The molecule has 1 aromatic heterocycles. The lowest BCUT2D eigenvalue weighted by Gasteiger charge is -2.05. The number of nitrogens with zero attached hydrogens (tertiary/aromatic N) is 2. The van der Waals surface area contributed by atoms with Gasteiger partial charge in [-0.25, -0.2) is 0 Å². The Morgan fingerprint density at radius 2 is 1.75 bits per heavy atom. The SMILES string of the molecule is CC(C)c1ccc(-c2noc(CCC(=O)Nc3ccc(C(N)=O)cc3)n2)cc1. The van der Waals surface area contributed by atoms with Crippen molar-refractivity contribution in [1.29, 1.82) is 0 Å². The molecule has 2 amide bonds. The van der Waals surface area contributed by atoms with E-state index >= 15 is 0 Å². The van der Waals surface area contributed by atoms with E-state index in [2.05, 4.69) is 29.3 Å². The number of rotatable bonds is 7. The van der Waals surface area contributed by atoms with Gasteiger partial charge in [-0.15, -0.1) is 0 Å². The van der Waals surface area contributed by atoms with Gasteiger partial charge in [-0.05, 0) is 35.7 Å². The molecule has 28 heavy (non-hydrogen) atoms. The summed E-state index contributed by atoms with van der Waals surface area (Å²) < 4.78 is 5.25. The molecule has 144 valence electrons. The van der Waals surface area contributed by atoms with Gasteiger partial charge in [-0.1, -0.05) is 43.3 Å². The molecule has 3 aromatic rings. The fourth-order valence-corrected chi connectivity index (χ4v) is 2.65. The summed E-state index contributed by atoms with van der Waals surface area (Å²) in [6.45, 7) is 4.28. The topological polar surface area (TPSA) is 111 Å². The summed E-state index contributed by atoms with van der Waals surface area (Å²) in [4.78, 5) is 27.5. The van der Waals surface area contributed by atoms with E-state index in [0.29, 0.717) is 35.3 Å².